The molecule has 2 N–H and O–H groups in total. The van der Waals surface area contributed by atoms with E-state index in [9.17, 15) is 14.5 Å². The van der Waals surface area contributed by atoms with Crippen molar-refractivity contribution in [1.29, 1.82) is 0 Å². The zero-order valence-electron chi connectivity index (χ0n) is 17.0. The molecule has 1 unspecified atom stereocenters. The summed E-state index contributed by atoms with van der Waals surface area (Å²) < 4.78 is 20.6. The fourth-order valence-corrected chi connectivity index (χ4v) is 4.38. The predicted octanol–water partition coefficient (Wildman–Crippen LogP) is 4.30. The van der Waals surface area contributed by atoms with E-state index in [-0.39, 0.29) is 10.8 Å². The van der Waals surface area contributed by atoms with Gasteiger partial charge in [-0.15, -0.1) is 0 Å². The van der Waals surface area contributed by atoms with Crippen LogP contribution < -0.4 is 4.72 Å². The molecule has 28 heavy (non-hydrogen) atoms. The number of nitrogens with one attached hydrogen (secondary N) is 1. The third-order valence-electron chi connectivity index (χ3n) is 3.69. The molecule has 1 aromatic rings. The SMILES string of the molecule is C\C=C(CC)/C(OC)=C(\C=C(/C)Cl)CC(=O)N[S+]([O-])c1ncc(C(C)(C)O)s1. The third-order valence-corrected chi connectivity index (χ3v) is 6.45. The molecule has 0 spiro atoms. The maximum atomic E-state index is 12.5. The highest BCUT2D eigenvalue weighted by Gasteiger charge is 2.26. The number of halogens is 1. The molecule has 1 atom stereocenters. The topological polar surface area (TPSA) is 94.5 Å². The number of amides is 1. The first-order valence-electron chi connectivity index (χ1n) is 8.69. The molecule has 0 aliphatic heterocycles. The number of carbonyl (C=O) groups excluding carboxylic acids is 1. The van der Waals surface area contributed by atoms with E-state index in [0.29, 0.717) is 21.2 Å². The lowest BCUT2D eigenvalue weighted by molar-refractivity contribution is -0.118. The molecule has 0 aliphatic carbocycles. The van der Waals surface area contributed by atoms with E-state index in [1.54, 1.807) is 26.8 Å². The van der Waals surface area contributed by atoms with Crippen LogP contribution in [0.15, 0.2) is 44.6 Å². The van der Waals surface area contributed by atoms with Gasteiger partial charge in [-0.2, -0.15) is 9.71 Å². The lowest BCUT2D eigenvalue weighted by Gasteiger charge is -2.15. The summed E-state index contributed by atoms with van der Waals surface area (Å²) in [6.07, 6.45) is 5.71. The Morgan fingerprint density at radius 3 is 2.61 bits per heavy atom. The lowest BCUT2D eigenvalue weighted by Crippen LogP contribution is -2.30. The maximum absolute atomic E-state index is 12.5. The zero-order chi connectivity index (χ0) is 21.5. The van der Waals surface area contributed by atoms with E-state index in [1.165, 1.54) is 13.3 Å². The number of hydrogen-bond acceptors (Lipinski definition) is 6. The first kappa shape index (κ1) is 24.7. The highest BCUT2D eigenvalue weighted by Crippen LogP contribution is 2.28. The van der Waals surface area contributed by atoms with Gasteiger partial charge in [-0.3, -0.25) is 4.79 Å². The molecule has 156 valence electrons. The van der Waals surface area contributed by atoms with Gasteiger partial charge in [0.1, 0.15) is 17.1 Å². The van der Waals surface area contributed by atoms with Crippen molar-refractivity contribution in [2.45, 2.75) is 57.4 Å². The number of carbonyl (C=O) groups is 1. The van der Waals surface area contributed by atoms with Gasteiger partial charge in [0.25, 0.3) is 5.91 Å². The van der Waals surface area contributed by atoms with Gasteiger partial charge in [-0.25, -0.2) is 0 Å². The first-order chi connectivity index (χ1) is 13.0. The Hall–Kier alpha value is -1.32. The van der Waals surface area contributed by atoms with Crippen molar-refractivity contribution in [3.63, 3.8) is 0 Å². The minimum atomic E-state index is -1.82. The van der Waals surface area contributed by atoms with Crippen molar-refractivity contribution in [3.05, 3.63) is 45.2 Å². The third kappa shape index (κ3) is 7.25. The minimum Gasteiger partial charge on any atom is -0.586 e. The average Bonchev–Trinajstić information content (AvgIpc) is 3.09. The number of ether oxygens (including phenoxy) is 1. The molecular weight excluding hydrogens is 420 g/mol. The second-order valence-corrected chi connectivity index (χ2v) is 9.49. The summed E-state index contributed by atoms with van der Waals surface area (Å²) in [5.74, 6) is 0.119. The second kappa shape index (κ2) is 11.0. The Morgan fingerprint density at radius 1 is 1.54 bits per heavy atom. The van der Waals surface area contributed by atoms with E-state index in [0.717, 1.165) is 23.3 Å². The van der Waals surface area contributed by atoms with Gasteiger partial charge in [0.15, 0.2) is 0 Å². The Kier molecular flexibility index (Phi) is 9.73. The van der Waals surface area contributed by atoms with Gasteiger partial charge >= 0.3 is 4.34 Å². The Bertz CT molecular complexity index is 775. The van der Waals surface area contributed by atoms with Crippen LogP contribution in [0, 0.1) is 0 Å². The Morgan fingerprint density at radius 2 is 2.18 bits per heavy atom. The number of nitrogens with zero attached hydrogens (tertiary/aromatic N) is 1. The predicted molar refractivity (Wildman–Crippen MR) is 114 cm³/mol. The molecule has 0 fully saturated rings. The number of allylic oxidation sites excluding steroid dienone is 4. The Balaban J connectivity index is 3.03. The molecule has 0 bridgehead atoms. The van der Waals surface area contributed by atoms with Crippen molar-refractivity contribution < 1.29 is 19.2 Å². The highest BCUT2D eigenvalue weighted by molar-refractivity contribution is 7.92. The maximum Gasteiger partial charge on any atom is 0.329 e. The van der Waals surface area contributed by atoms with E-state index in [1.807, 2.05) is 19.9 Å². The first-order valence-corrected chi connectivity index (χ1v) is 11.0. The van der Waals surface area contributed by atoms with Gasteiger partial charge in [-0.1, -0.05) is 35.9 Å². The highest BCUT2D eigenvalue weighted by atomic mass is 35.5. The molecule has 0 saturated heterocycles. The van der Waals surface area contributed by atoms with Gasteiger partial charge in [0.05, 0.1) is 24.0 Å². The normalized spacial score (nSPS) is 15.2. The molecule has 9 heteroatoms. The molecule has 1 heterocycles. The van der Waals surface area contributed by atoms with Crippen LogP contribution >= 0.6 is 22.9 Å². The summed E-state index contributed by atoms with van der Waals surface area (Å²) >= 11 is 5.29. The smallest absolute Gasteiger partial charge is 0.329 e. The van der Waals surface area contributed by atoms with E-state index >= 15 is 0 Å². The van der Waals surface area contributed by atoms with Gasteiger partial charge < -0.3 is 14.4 Å². The zero-order valence-corrected chi connectivity index (χ0v) is 19.3. The summed E-state index contributed by atoms with van der Waals surface area (Å²) in [6, 6.07) is 0. The van der Waals surface area contributed by atoms with Gasteiger partial charge in [0.2, 0.25) is 0 Å². The average molecular weight is 447 g/mol. The van der Waals surface area contributed by atoms with Crippen LogP contribution in [0.3, 0.4) is 0 Å². The van der Waals surface area contributed by atoms with Crippen LogP contribution in [0.2, 0.25) is 0 Å². The fourth-order valence-electron chi connectivity index (χ4n) is 2.38. The van der Waals surface area contributed by atoms with Crippen molar-refractivity contribution in [2.75, 3.05) is 7.11 Å². The van der Waals surface area contributed by atoms with Crippen LogP contribution in [0.5, 0.6) is 0 Å². The number of rotatable bonds is 9. The quantitative estimate of drug-likeness (QED) is 0.335. The van der Waals surface area contributed by atoms with E-state index < -0.39 is 22.9 Å². The van der Waals surface area contributed by atoms with Crippen molar-refractivity contribution in [2.24, 2.45) is 0 Å². The van der Waals surface area contributed by atoms with Crippen LogP contribution in [0.25, 0.3) is 0 Å². The lowest BCUT2D eigenvalue weighted by atomic mass is 10.0. The summed E-state index contributed by atoms with van der Waals surface area (Å²) in [5.41, 5.74) is 0.449. The fraction of sp³-hybridized carbons (Fsp3) is 0.474. The largest absolute Gasteiger partial charge is 0.586 e. The van der Waals surface area contributed by atoms with Crippen molar-refractivity contribution in [3.8, 4) is 0 Å². The molecule has 1 rings (SSSR count). The molecule has 0 aliphatic rings. The standard InChI is InChI=1S/C19H27ClN2O4S2/c1-7-13(8-2)17(26-6)14(9-12(3)20)10-16(23)22-28(25)18-21-11-15(27-18)19(4,5)24/h7,9,11,24H,8,10H2,1-6H3,(H,22,23)/b12-9+,13-7-,17-14-. The molecule has 6 nitrogen and oxygen atoms in total. The monoisotopic (exact) mass is 446 g/mol. The second-order valence-electron chi connectivity index (χ2n) is 6.48. The number of methoxy groups -OCH3 is 1. The molecule has 0 radical (unpaired) electrons. The molecule has 0 saturated carbocycles. The van der Waals surface area contributed by atoms with Crippen molar-refractivity contribution in [1.82, 2.24) is 9.71 Å². The van der Waals surface area contributed by atoms with Gasteiger partial charge in [0, 0.05) is 16.8 Å². The van der Waals surface area contributed by atoms with E-state index in [2.05, 4.69) is 9.71 Å². The summed E-state index contributed by atoms with van der Waals surface area (Å²) in [5, 5.41) is 10.5. The minimum absolute atomic E-state index is 0.0555. The number of aliphatic hydroxyl groups is 1. The summed E-state index contributed by atoms with van der Waals surface area (Å²) in [7, 11) is 1.54. The Labute approximate surface area is 178 Å². The van der Waals surface area contributed by atoms with Crippen LogP contribution in [-0.4, -0.2) is 27.7 Å². The summed E-state index contributed by atoms with van der Waals surface area (Å²) in [4.78, 5) is 17.1. The number of hydrogen-bond donors (Lipinski definition) is 2. The van der Waals surface area contributed by atoms with Crippen molar-refractivity contribution >= 4 is 40.2 Å². The number of thiazole rings is 1. The van der Waals surface area contributed by atoms with Crippen LogP contribution in [0.4, 0.5) is 0 Å². The van der Waals surface area contributed by atoms with Crippen LogP contribution in [-0.2, 0) is 26.5 Å². The molecule has 0 aromatic carbocycles. The van der Waals surface area contributed by atoms with E-state index in [4.69, 9.17) is 16.3 Å². The molecule has 1 amide bonds. The molecular formula is C19H27ClN2O4S2. The molecule has 1 aromatic heterocycles. The number of aromatic nitrogens is 1. The van der Waals surface area contributed by atoms with Crippen LogP contribution in [0.1, 0.15) is 52.3 Å². The van der Waals surface area contributed by atoms with Gasteiger partial charge in [-0.05, 0) is 45.8 Å². The summed E-state index contributed by atoms with van der Waals surface area (Å²) in [6.45, 7) is 8.82.